The van der Waals surface area contributed by atoms with Gasteiger partial charge >= 0.3 is 5.97 Å². The summed E-state index contributed by atoms with van der Waals surface area (Å²) >= 11 is 0. The Balaban J connectivity index is 1.85. The first-order valence-electron chi connectivity index (χ1n) is 9.11. The second-order valence-corrected chi connectivity index (χ2v) is 8.16. The molecule has 6 atom stereocenters. The number of hydrogen-bond acceptors (Lipinski definition) is 3. The van der Waals surface area contributed by atoms with Crippen molar-refractivity contribution in [1.29, 1.82) is 0 Å². The summed E-state index contributed by atoms with van der Waals surface area (Å²) < 4.78 is 5.38. The Hall–Kier alpha value is -1.09. The molecule has 1 saturated carbocycles. The molecule has 0 amide bonds. The van der Waals surface area contributed by atoms with Gasteiger partial charge < -0.3 is 9.84 Å². The van der Waals surface area contributed by atoms with Gasteiger partial charge in [0, 0.05) is 11.5 Å². The molecule has 3 heteroatoms. The topological polar surface area (TPSA) is 46.5 Å². The van der Waals surface area contributed by atoms with E-state index in [1.54, 1.807) is 0 Å². The molecule has 0 spiro atoms. The predicted octanol–water partition coefficient (Wildman–Crippen LogP) is 3.88. The number of rotatable bonds is 4. The number of fused-ring (bicyclic) bond motifs is 2. The Morgan fingerprint density at radius 1 is 1.39 bits per heavy atom. The number of aliphatic hydroxyl groups is 1. The van der Waals surface area contributed by atoms with Crippen LogP contribution >= 0.6 is 0 Å². The van der Waals surface area contributed by atoms with Crippen LogP contribution in [0, 0.1) is 29.6 Å². The number of cyclic esters (lactones) is 1. The summed E-state index contributed by atoms with van der Waals surface area (Å²) in [6, 6.07) is 0. The van der Waals surface area contributed by atoms with Crippen LogP contribution in [0.5, 0.6) is 0 Å². The summed E-state index contributed by atoms with van der Waals surface area (Å²) in [5.74, 6) is 1.78. The van der Waals surface area contributed by atoms with Gasteiger partial charge in [0.25, 0.3) is 0 Å². The standard InChI is InChI=1S/C20H30O3/c1-11(2)6-5-7-12(3)18-16-10-23-20(22)19(16)15-9-14(15)13(4)8-17(18)21/h6,12-15,17-18,21H,5,7-10H2,1-4H3. The van der Waals surface area contributed by atoms with E-state index in [9.17, 15) is 9.90 Å². The molecule has 0 aromatic carbocycles. The number of carbonyl (C=O) groups excluding carboxylic acids is 1. The Labute approximate surface area is 139 Å². The third-order valence-electron chi connectivity index (χ3n) is 6.08. The Kier molecular flexibility index (Phi) is 4.68. The molecule has 3 nitrogen and oxygen atoms in total. The Morgan fingerprint density at radius 3 is 2.83 bits per heavy atom. The average Bonchev–Trinajstić information content (AvgIpc) is 3.15. The van der Waals surface area contributed by atoms with Crippen LogP contribution in [0.15, 0.2) is 22.8 Å². The normalized spacial score (nSPS) is 37.3. The van der Waals surface area contributed by atoms with Crippen molar-refractivity contribution in [2.24, 2.45) is 29.6 Å². The van der Waals surface area contributed by atoms with Crippen LogP contribution in [0.1, 0.15) is 53.4 Å². The average molecular weight is 318 g/mol. The van der Waals surface area contributed by atoms with Gasteiger partial charge in [-0.1, -0.05) is 25.5 Å². The van der Waals surface area contributed by atoms with Gasteiger partial charge in [0.15, 0.2) is 0 Å². The monoisotopic (exact) mass is 318 g/mol. The van der Waals surface area contributed by atoms with Crippen molar-refractivity contribution >= 4 is 5.97 Å². The fourth-order valence-corrected chi connectivity index (χ4v) is 4.74. The van der Waals surface area contributed by atoms with Gasteiger partial charge in [-0.15, -0.1) is 0 Å². The molecule has 3 rings (SSSR count). The zero-order valence-electron chi connectivity index (χ0n) is 14.8. The van der Waals surface area contributed by atoms with Gasteiger partial charge in [-0.05, 0) is 68.8 Å². The number of carbonyl (C=O) groups is 1. The molecular weight excluding hydrogens is 288 g/mol. The molecule has 1 N–H and O–H groups in total. The summed E-state index contributed by atoms with van der Waals surface area (Å²) in [7, 11) is 0. The minimum Gasteiger partial charge on any atom is -0.458 e. The lowest BCUT2D eigenvalue weighted by molar-refractivity contribution is -0.136. The maximum atomic E-state index is 12.2. The van der Waals surface area contributed by atoms with E-state index in [0.29, 0.717) is 30.3 Å². The zero-order chi connectivity index (χ0) is 16.7. The zero-order valence-corrected chi connectivity index (χ0v) is 14.8. The second-order valence-electron chi connectivity index (χ2n) is 8.16. The highest BCUT2D eigenvalue weighted by atomic mass is 16.5. The van der Waals surface area contributed by atoms with Crippen LogP contribution in [-0.4, -0.2) is 23.8 Å². The second kappa shape index (κ2) is 6.43. The molecule has 128 valence electrons. The minimum absolute atomic E-state index is 0.0750. The maximum Gasteiger partial charge on any atom is 0.334 e. The molecule has 0 aromatic rings. The van der Waals surface area contributed by atoms with Crippen LogP contribution in [0.2, 0.25) is 0 Å². The van der Waals surface area contributed by atoms with Gasteiger partial charge in [-0.25, -0.2) is 4.79 Å². The van der Waals surface area contributed by atoms with E-state index in [1.807, 2.05) is 0 Å². The number of allylic oxidation sites excluding steroid dienone is 2. The third-order valence-corrected chi connectivity index (χ3v) is 6.08. The molecule has 6 unspecified atom stereocenters. The first-order chi connectivity index (χ1) is 10.9. The van der Waals surface area contributed by atoms with Gasteiger partial charge in [0.2, 0.25) is 0 Å². The van der Waals surface area contributed by atoms with E-state index < -0.39 is 0 Å². The molecule has 0 aromatic heterocycles. The largest absolute Gasteiger partial charge is 0.458 e. The Bertz CT molecular complexity index is 541. The molecule has 3 aliphatic rings. The first kappa shape index (κ1) is 16.8. The van der Waals surface area contributed by atoms with Crippen molar-refractivity contribution in [3.63, 3.8) is 0 Å². The molecule has 0 radical (unpaired) electrons. The SMILES string of the molecule is CC(C)=CCCC(C)C1C2=C(C(=O)OC2)C2CC2C(C)CC1O. The van der Waals surface area contributed by atoms with Crippen molar-refractivity contribution < 1.29 is 14.6 Å². The molecular formula is C20H30O3. The summed E-state index contributed by atoms with van der Waals surface area (Å²) in [5.41, 5.74) is 3.38. The molecule has 2 aliphatic carbocycles. The van der Waals surface area contributed by atoms with Gasteiger partial charge in [-0.2, -0.15) is 0 Å². The highest BCUT2D eigenvalue weighted by molar-refractivity contribution is 5.93. The highest BCUT2D eigenvalue weighted by Gasteiger charge is 2.52. The molecule has 0 saturated heterocycles. The summed E-state index contributed by atoms with van der Waals surface area (Å²) in [4.78, 5) is 12.2. The minimum atomic E-state index is -0.354. The van der Waals surface area contributed by atoms with Crippen molar-refractivity contribution in [2.45, 2.75) is 59.5 Å². The van der Waals surface area contributed by atoms with Crippen LogP contribution in [0.4, 0.5) is 0 Å². The van der Waals surface area contributed by atoms with Crippen LogP contribution in [0.25, 0.3) is 0 Å². The van der Waals surface area contributed by atoms with E-state index in [-0.39, 0.29) is 18.0 Å². The lowest BCUT2D eigenvalue weighted by Gasteiger charge is -2.33. The van der Waals surface area contributed by atoms with Crippen molar-refractivity contribution in [3.05, 3.63) is 22.8 Å². The van der Waals surface area contributed by atoms with Crippen LogP contribution in [0.3, 0.4) is 0 Å². The van der Waals surface area contributed by atoms with Crippen molar-refractivity contribution in [1.82, 2.24) is 0 Å². The van der Waals surface area contributed by atoms with E-state index in [2.05, 4.69) is 33.8 Å². The quantitative estimate of drug-likeness (QED) is 0.632. The van der Waals surface area contributed by atoms with Gasteiger partial charge in [-0.3, -0.25) is 0 Å². The lowest BCUT2D eigenvalue weighted by atomic mass is 9.74. The summed E-state index contributed by atoms with van der Waals surface area (Å²) in [5, 5.41) is 10.9. The molecule has 1 fully saturated rings. The number of esters is 1. The molecule has 0 bridgehead atoms. The smallest absolute Gasteiger partial charge is 0.334 e. The Morgan fingerprint density at radius 2 is 2.13 bits per heavy atom. The van der Waals surface area contributed by atoms with E-state index in [0.717, 1.165) is 36.8 Å². The third kappa shape index (κ3) is 3.26. The number of aliphatic hydroxyl groups excluding tert-OH is 1. The van der Waals surface area contributed by atoms with E-state index in [4.69, 9.17) is 4.74 Å². The fourth-order valence-electron chi connectivity index (χ4n) is 4.74. The molecule has 1 heterocycles. The molecule has 23 heavy (non-hydrogen) atoms. The maximum absolute atomic E-state index is 12.2. The highest BCUT2D eigenvalue weighted by Crippen LogP contribution is 2.55. The van der Waals surface area contributed by atoms with Crippen molar-refractivity contribution in [3.8, 4) is 0 Å². The van der Waals surface area contributed by atoms with Gasteiger partial charge in [0.05, 0.1) is 6.10 Å². The van der Waals surface area contributed by atoms with E-state index in [1.165, 1.54) is 5.57 Å². The van der Waals surface area contributed by atoms with Crippen LogP contribution < -0.4 is 0 Å². The fraction of sp³-hybridized carbons (Fsp3) is 0.750. The molecule has 1 aliphatic heterocycles. The predicted molar refractivity (Wildman–Crippen MR) is 90.7 cm³/mol. The van der Waals surface area contributed by atoms with Crippen LogP contribution in [-0.2, 0) is 9.53 Å². The number of ether oxygens (including phenoxy) is 1. The number of hydrogen-bond donors (Lipinski definition) is 1. The van der Waals surface area contributed by atoms with Gasteiger partial charge in [0.1, 0.15) is 6.61 Å². The van der Waals surface area contributed by atoms with E-state index >= 15 is 0 Å². The van der Waals surface area contributed by atoms with Crippen molar-refractivity contribution in [2.75, 3.05) is 6.61 Å². The summed E-state index contributed by atoms with van der Waals surface area (Å²) in [6.07, 6.45) is 5.93. The summed E-state index contributed by atoms with van der Waals surface area (Å²) in [6.45, 7) is 9.09. The lowest BCUT2D eigenvalue weighted by Crippen LogP contribution is -2.33. The first-order valence-corrected chi connectivity index (χ1v) is 9.11.